The van der Waals surface area contributed by atoms with E-state index < -0.39 is 5.97 Å². The van der Waals surface area contributed by atoms with Gasteiger partial charge in [-0.2, -0.15) is 0 Å². The number of allylic oxidation sites excluding steroid dienone is 1. The van der Waals surface area contributed by atoms with E-state index in [0.29, 0.717) is 5.75 Å². The Balaban J connectivity index is 2.95. The molecule has 0 atom stereocenters. The zero-order valence-electron chi connectivity index (χ0n) is 10.3. The van der Waals surface area contributed by atoms with Crippen LogP contribution in [0, 0.1) is 0 Å². The second-order valence-electron chi connectivity index (χ2n) is 3.78. The lowest BCUT2D eigenvalue weighted by molar-refractivity contribution is 0.0693. The maximum Gasteiger partial charge on any atom is 0.339 e. The van der Waals surface area contributed by atoms with Gasteiger partial charge >= 0.3 is 5.97 Å². The number of rotatable bonds is 6. The first-order valence-corrected chi connectivity index (χ1v) is 5.77. The molecule has 1 rings (SSSR count). The molecule has 1 aromatic rings. The third-order valence-electron chi connectivity index (χ3n) is 2.50. The lowest BCUT2D eigenvalue weighted by Gasteiger charge is -2.08. The Morgan fingerprint density at radius 1 is 1.47 bits per heavy atom. The van der Waals surface area contributed by atoms with Crippen LogP contribution in [0.15, 0.2) is 24.3 Å². The Morgan fingerprint density at radius 2 is 2.24 bits per heavy atom. The number of methoxy groups -OCH3 is 1. The molecule has 3 heteroatoms. The highest BCUT2D eigenvalue weighted by atomic mass is 16.5. The number of carbonyl (C=O) groups is 1. The predicted octanol–water partition coefficient (Wildman–Crippen LogP) is 3.60. The van der Waals surface area contributed by atoms with Crippen LogP contribution in [-0.2, 0) is 0 Å². The first-order chi connectivity index (χ1) is 8.20. The molecular formula is C14H18O3. The summed E-state index contributed by atoms with van der Waals surface area (Å²) < 4.78 is 5.16. The van der Waals surface area contributed by atoms with Crippen LogP contribution in [0.25, 0.3) is 6.08 Å². The van der Waals surface area contributed by atoms with E-state index in [1.165, 1.54) is 7.11 Å². The molecule has 1 N–H and O–H groups in total. The van der Waals surface area contributed by atoms with Gasteiger partial charge in [0.15, 0.2) is 0 Å². The number of para-hydroxylation sites is 1. The molecule has 0 amide bonds. The third-order valence-corrected chi connectivity index (χ3v) is 2.50. The van der Waals surface area contributed by atoms with Gasteiger partial charge in [-0.05, 0) is 12.5 Å². The summed E-state index contributed by atoms with van der Waals surface area (Å²) in [7, 11) is 1.49. The van der Waals surface area contributed by atoms with Crippen molar-refractivity contribution in [2.24, 2.45) is 0 Å². The number of carboxylic acids is 1. The average molecular weight is 234 g/mol. The Bertz CT molecular complexity index is 408. The second-order valence-corrected chi connectivity index (χ2v) is 3.78. The lowest BCUT2D eigenvalue weighted by Crippen LogP contribution is -2.01. The van der Waals surface area contributed by atoms with Crippen molar-refractivity contribution in [3.8, 4) is 5.75 Å². The Kier molecular flexibility index (Phi) is 5.27. The summed E-state index contributed by atoms with van der Waals surface area (Å²) in [6.45, 7) is 2.14. The topological polar surface area (TPSA) is 46.5 Å². The van der Waals surface area contributed by atoms with Gasteiger partial charge < -0.3 is 9.84 Å². The molecule has 0 unspecified atom stereocenters. The molecule has 0 heterocycles. The SMILES string of the molecule is CCCCC=Cc1cccc(C(=O)O)c1OC. The van der Waals surface area contributed by atoms with Crippen LogP contribution in [0.5, 0.6) is 5.75 Å². The van der Waals surface area contributed by atoms with E-state index in [0.717, 1.165) is 24.8 Å². The van der Waals surface area contributed by atoms with Crippen molar-refractivity contribution in [1.82, 2.24) is 0 Å². The summed E-state index contributed by atoms with van der Waals surface area (Å²) in [6.07, 6.45) is 7.25. The van der Waals surface area contributed by atoms with E-state index >= 15 is 0 Å². The average Bonchev–Trinajstić information content (AvgIpc) is 2.34. The van der Waals surface area contributed by atoms with E-state index in [4.69, 9.17) is 9.84 Å². The van der Waals surface area contributed by atoms with Crippen molar-refractivity contribution in [1.29, 1.82) is 0 Å². The zero-order valence-corrected chi connectivity index (χ0v) is 10.3. The van der Waals surface area contributed by atoms with E-state index in [2.05, 4.69) is 6.92 Å². The molecular weight excluding hydrogens is 216 g/mol. The summed E-state index contributed by atoms with van der Waals surface area (Å²) in [4.78, 5) is 11.0. The van der Waals surface area contributed by atoms with Crippen LogP contribution in [0.1, 0.15) is 42.1 Å². The molecule has 0 saturated carbocycles. The van der Waals surface area contributed by atoms with Gasteiger partial charge in [0.2, 0.25) is 0 Å². The molecule has 0 spiro atoms. The summed E-state index contributed by atoms with van der Waals surface area (Å²) in [5.41, 5.74) is 1.01. The van der Waals surface area contributed by atoms with E-state index in [1.54, 1.807) is 12.1 Å². The van der Waals surface area contributed by atoms with Gasteiger partial charge in [0.05, 0.1) is 7.11 Å². The van der Waals surface area contributed by atoms with E-state index in [1.807, 2.05) is 18.2 Å². The standard InChI is InChI=1S/C14H18O3/c1-3-4-5-6-8-11-9-7-10-12(14(15)16)13(11)17-2/h6-10H,3-5H2,1-2H3,(H,15,16). The highest BCUT2D eigenvalue weighted by Crippen LogP contribution is 2.25. The minimum atomic E-state index is -0.967. The number of ether oxygens (including phenoxy) is 1. The van der Waals surface area contributed by atoms with Crippen LogP contribution >= 0.6 is 0 Å². The summed E-state index contributed by atoms with van der Waals surface area (Å²) >= 11 is 0. The van der Waals surface area contributed by atoms with Gasteiger partial charge in [-0.1, -0.05) is 44.1 Å². The molecule has 0 aliphatic carbocycles. The fourth-order valence-corrected chi connectivity index (χ4v) is 1.61. The maximum absolute atomic E-state index is 11.0. The smallest absolute Gasteiger partial charge is 0.339 e. The van der Waals surface area contributed by atoms with Crippen molar-refractivity contribution >= 4 is 12.0 Å². The molecule has 0 aliphatic rings. The molecule has 17 heavy (non-hydrogen) atoms. The quantitative estimate of drug-likeness (QED) is 0.765. The molecule has 0 saturated heterocycles. The van der Waals surface area contributed by atoms with Gasteiger partial charge in [-0.25, -0.2) is 4.79 Å². The van der Waals surface area contributed by atoms with Crippen molar-refractivity contribution in [3.63, 3.8) is 0 Å². The van der Waals surface area contributed by atoms with Gasteiger partial charge in [0, 0.05) is 5.56 Å². The monoisotopic (exact) mass is 234 g/mol. The second kappa shape index (κ2) is 6.74. The minimum absolute atomic E-state index is 0.199. The van der Waals surface area contributed by atoms with Gasteiger partial charge in [0.1, 0.15) is 11.3 Å². The first-order valence-electron chi connectivity index (χ1n) is 5.77. The largest absolute Gasteiger partial charge is 0.495 e. The predicted molar refractivity (Wildman–Crippen MR) is 68.5 cm³/mol. The summed E-state index contributed by atoms with van der Waals surface area (Å²) in [5, 5.41) is 9.03. The molecule has 0 bridgehead atoms. The van der Waals surface area contributed by atoms with Crippen LogP contribution in [0.2, 0.25) is 0 Å². The molecule has 92 valence electrons. The van der Waals surface area contributed by atoms with Crippen molar-refractivity contribution in [2.75, 3.05) is 7.11 Å². The Morgan fingerprint density at radius 3 is 2.82 bits per heavy atom. The molecule has 0 fully saturated rings. The number of aromatic carboxylic acids is 1. The Hall–Kier alpha value is -1.77. The number of carboxylic acid groups (broad SMARTS) is 1. The number of benzene rings is 1. The number of hydrogen-bond acceptors (Lipinski definition) is 2. The van der Waals surface area contributed by atoms with Crippen molar-refractivity contribution in [2.45, 2.75) is 26.2 Å². The fourth-order valence-electron chi connectivity index (χ4n) is 1.61. The normalized spacial score (nSPS) is 10.7. The zero-order chi connectivity index (χ0) is 12.7. The van der Waals surface area contributed by atoms with E-state index in [-0.39, 0.29) is 5.56 Å². The molecule has 0 radical (unpaired) electrons. The maximum atomic E-state index is 11.0. The number of unbranched alkanes of at least 4 members (excludes halogenated alkanes) is 2. The lowest BCUT2D eigenvalue weighted by atomic mass is 10.1. The highest BCUT2D eigenvalue weighted by Gasteiger charge is 2.12. The minimum Gasteiger partial charge on any atom is -0.495 e. The van der Waals surface area contributed by atoms with Crippen molar-refractivity contribution in [3.05, 3.63) is 35.4 Å². The molecule has 3 nitrogen and oxygen atoms in total. The van der Waals surface area contributed by atoms with Crippen LogP contribution in [0.3, 0.4) is 0 Å². The van der Waals surface area contributed by atoms with E-state index in [9.17, 15) is 4.79 Å². The molecule has 0 aliphatic heterocycles. The highest BCUT2D eigenvalue weighted by molar-refractivity contribution is 5.92. The van der Waals surface area contributed by atoms with Crippen LogP contribution in [-0.4, -0.2) is 18.2 Å². The van der Waals surface area contributed by atoms with Gasteiger partial charge in [-0.3, -0.25) is 0 Å². The first kappa shape index (κ1) is 13.3. The third kappa shape index (κ3) is 3.63. The fraction of sp³-hybridized carbons (Fsp3) is 0.357. The van der Waals surface area contributed by atoms with Gasteiger partial charge in [-0.15, -0.1) is 0 Å². The molecule has 0 aromatic heterocycles. The van der Waals surface area contributed by atoms with Crippen molar-refractivity contribution < 1.29 is 14.6 Å². The Labute approximate surface area is 102 Å². The molecule has 1 aromatic carbocycles. The van der Waals surface area contributed by atoms with Crippen LogP contribution in [0.4, 0.5) is 0 Å². The summed E-state index contributed by atoms with van der Waals surface area (Å²) in [6, 6.07) is 5.13. The van der Waals surface area contributed by atoms with Gasteiger partial charge in [0.25, 0.3) is 0 Å². The number of hydrogen-bond donors (Lipinski definition) is 1. The summed E-state index contributed by atoms with van der Waals surface area (Å²) in [5.74, 6) is -0.543. The van der Waals surface area contributed by atoms with Crippen LogP contribution < -0.4 is 4.74 Å².